The largest absolute Gasteiger partial charge is 0.395 e. The Bertz CT molecular complexity index is 586. The van der Waals surface area contributed by atoms with Crippen LogP contribution in [0.2, 0.25) is 0 Å². The van der Waals surface area contributed by atoms with Gasteiger partial charge in [-0.3, -0.25) is 19.9 Å². The van der Waals surface area contributed by atoms with E-state index in [-0.39, 0.29) is 18.9 Å². The summed E-state index contributed by atoms with van der Waals surface area (Å²) in [5.74, 6) is 0. The molecule has 0 aromatic heterocycles. The van der Waals surface area contributed by atoms with Crippen LogP contribution in [0.5, 0.6) is 0 Å². The van der Waals surface area contributed by atoms with Gasteiger partial charge in [-0.2, -0.15) is 0 Å². The van der Waals surface area contributed by atoms with E-state index < -0.39 is 11.0 Å². The normalized spacial score (nSPS) is 16.7. The molecule has 146 valence electrons. The van der Waals surface area contributed by atoms with Gasteiger partial charge in [0.15, 0.2) is 0 Å². The van der Waals surface area contributed by atoms with Crippen molar-refractivity contribution in [1.82, 2.24) is 15.1 Å². The van der Waals surface area contributed by atoms with Crippen molar-refractivity contribution in [2.24, 2.45) is 0 Å². The second-order valence-electron chi connectivity index (χ2n) is 6.57. The molecule has 1 aromatic rings. The summed E-state index contributed by atoms with van der Waals surface area (Å²) in [5, 5.41) is 35.9. The first-order valence-corrected chi connectivity index (χ1v) is 8.93. The number of likely N-dealkylation sites (N-methyl/N-ethyl adjacent to an activating group) is 1. The minimum Gasteiger partial charge on any atom is -0.395 e. The SMILES string of the molecule is CN1CCN(CCCNc2ccc(C(CO)NCCO)cc2[N+](=O)[O-])C1. The molecule has 0 spiro atoms. The van der Waals surface area contributed by atoms with E-state index in [0.29, 0.717) is 24.3 Å². The summed E-state index contributed by atoms with van der Waals surface area (Å²) in [6.07, 6.45) is 0.907. The molecule has 9 heteroatoms. The minimum absolute atomic E-state index is 0.00680. The number of hydrogen-bond donors (Lipinski definition) is 4. The first-order valence-electron chi connectivity index (χ1n) is 8.93. The highest BCUT2D eigenvalue weighted by molar-refractivity contribution is 5.63. The summed E-state index contributed by atoms with van der Waals surface area (Å²) in [6.45, 7) is 4.78. The van der Waals surface area contributed by atoms with Crippen molar-refractivity contribution in [3.63, 3.8) is 0 Å². The number of anilines is 1. The van der Waals surface area contributed by atoms with Crippen LogP contribution in [0.1, 0.15) is 18.0 Å². The number of aliphatic hydroxyl groups is 2. The van der Waals surface area contributed by atoms with Crippen LogP contribution in [-0.2, 0) is 0 Å². The van der Waals surface area contributed by atoms with Gasteiger partial charge < -0.3 is 20.8 Å². The molecule has 1 saturated heterocycles. The Labute approximate surface area is 153 Å². The smallest absolute Gasteiger partial charge is 0.292 e. The zero-order valence-electron chi connectivity index (χ0n) is 15.2. The number of aliphatic hydroxyl groups excluding tert-OH is 2. The van der Waals surface area contributed by atoms with Crippen LogP contribution < -0.4 is 10.6 Å². The number of nitro groups is 1. The predicted octanol–water partition coefficient (Wildman–Crippen LogP) is 0.217. The minimum atomic E-state index is -0.443. The number of hydrogen-bond acceptors (Lipinski definition) is 8. The molecule has 0 aliphatic carbocycles. The lowest BCUT2D eigenvalue weighted by Gasteiger charge is -2.17. The van der Waals surface area contributed by atoms with Crippen molar-refractivity contribution in [2.45, 2.75) is 12.5 Å². The molecule has 0 radical (unpaired) electrons. The zero-order valence-corrected chi connectivity index (χ0v) is 15.2. The molecular weight excluding hydrogens is 338 g/mol. The third-order valence-electron chi connectivity index (χ3n) is 4.51. The van der Waals surface area contributed by atoms with Gasteiger partial charge in [0.1, 0.15) is 5.69 Å². The van der Waals surface area contributed by atoms with Gasteiger partial charge in [-0.1, -0.05) is 6.07 Å². The van der Waals surface area contributed by atoms with Crippen LogP contribution in [0.15, 0.2) is 18.2 Å². The lowest BCUT2D eigenvalue weighted by molar-refractivity contribution is -0.384. The Morgan fingerprint density at radius 3 is 2.73 bits per heavy atom. The molecule has 1 heterocycles. The van der Waals surface area contributed by atoms with Crippen molar-refractivity contribution >= 4 is 11.4 Å². The Kier molecular flexibility index (Phi) is 8.20. The van der Waals surface area contributed by atoms with Crippen LogP contribution in [0.4, 0.5) is 11.4 Å². The van der Waals surface area contributed by atoms with Crippen molar-refractivity contribution < 1.29 is 15.1 Å². The highest BCUT2D eigenvalue weighted by Crippen LogP contribution is 2.28. The van der Waals surface area contributed by atoms with E-state index >= 15 is 0 Å². The van der Waals surface area contributed by atoms with Gasteiger partial charge in [0.05, 0.1) is 30.8 Å². The molecule has 0 amide bonds. The van der Waals surface area contributed by atoms with Crippen molar-refractivity contribution in [2.75, 3.05) is 65.0 Å². The van der Waals surface area contributed by atoms with E-state index in [2.05, 4.69) is 27.5 Å². The first kappa shape index (κ1) is 20.5. The van der Waals surface area contributed by atoms with E-state index in [1.54, 1.807) is 12.1 Å². The van der Waals surface area contributed by atoms with Gasteiger partial charge in [0.2, 0.25) is 0 Å². The van der Waals surface area contributed by atoms with Crippen LogP contribution in [0.25, 0.3) is 0 Å². The van der Waals surface area contributed by atoms with E-state index in [0.717, 1.165) is 32.7 Å². The average Bonchev–Trinajstić information content (AvgIpc) is 3.05. The Morgan fingerprint density at radius 1 is 1.31 bits per heavy atom. The Balaban J connectivity index is 1.93. The topological polar surface area (TPSA) is 114 Å². The highest BCUT2D eigenvalue weighted by Gasteiger charge is 2.19. The molecule has 1 aliphatic heterocycles. The van der Waals surface area contributed by atoms with E-state index in [1.165, 1.54) is 6.07 Å². The number of nitrogens with zero attached hydrogens (tertiary/aromatic N) is 3. The number of benzene rings is 1. The van der Waals surface area contributed by atoms with E-state index in [9.17, 15) is 15.2 Å². The second-order valence-corrected chi connectivity index (χ2v) is 6.57. The summed E-state index contributed by atoms with van der Waals surface area (Å²) in [6, 6.07) is 4.47. The quantitative estimate of drug-likeness (QED) is 0.249. The maximum atomic E-state index is 11.4. The van der Waals surface area contributed by atoms with Gasteiger partial charge >= 0.3 is 0 Å². The fourth-order valence-corrected chi connectivity index (χ4v) is 3.10. The maximum absolute atomic E-state index is 11.4. The number of nitro benzene ring substituents is 1. The summed E-state index contributed by atoms with van der Waals surface area (Å²) in [7, 11) is 2.10. The fourth-order valence-electron chi connectivity index (χ4n) is 3.10. The lowest BCUT2D eigenvalue weighted by Crippen LogP contribution is -2.27. The second kappa shape index (κ2) is 10.4. The molecular formula is C17H29N5O4. The molecule has 0 saturated carbocycles. The van der Waals surface area contributed by atoms with Crippen LogP contribution >= 0.6 is 0 Å². The van der Waals surface area contributed by atoms with Gasteiger partial charge in [-0.15, -0.1) is 0 Å². The van der Waals surface area contributed by atoms with E-state index in [1.807, 2.05) is 0 Å². The maximum Gasteiger partial charge on any atom is 0.292 e. The van der Waals surface area contributed by atoms with Crippen LogP contribution in [0, 0.1) is 10.1 Å². The Morgan fingerprint density at radius 2 is 2.12 bits per heavy atom. The summed E-state index contributed by atoms with van der Waals surface area (Å²) < 4.78 is 0. The van der Waals surface area contributed by atoms with Crippen molar-refractivity contribution in [3.8, 4) is 0 Å². The van der Waals surface area contributed by atoms with Gasteiger partial charge in [-0.25, -0.2) is 0 Å². The van der Waals surface area contributed by atoms with Crippen molar-refractivity contribution in [3.05, 3.63) is 33.9 Å². The summed E-state index contributed by atoms with van der Waals surface area (Å²) in [5.41, 5.74) is 1.10. The molecule has 1 fully saturated rings. The van der Waals surface area contributed by atoms with Gasteiger partial charge in [0, 0.05) is 38.8 Å². The third-order valence-corrected chi connectivity index (χ3v) is 4.51. The lowest BCUT2D eigenvalue weighted by atomic mass is 10.1. The van der Waals surface area contributed by atoms with Crippen LogP contribution in [-0.4, -0.2) is 84.6 Å². The number of rotatable bonds is 11. The molecule has 1 aliphatic rings. The molecule has 26 heavy (non-hydrogen) atoms. The van der Waals surface area contributed by atoms with E-state index in [4.69, 9.17) is 5.11 Å². The van der Waals surface area contributed by atoms with Crippen molar-refractivity contribution in [1.29, 1.82) is 0 Å². The predicted molar refractivity (Wildman–Crippen MR) is 100 cm³/mol. The molecule has 4 N–H and O–H groups in total. The average molecular weight is 367 g/mol. The number of nitrogens with one attached hydrogen (secondary N) is 2. The summed E-state index contributed by atoms with van der Waals surface area (Å²) >= 11 is 0. The Hall–Kier alpha value is -1.78. The van der Waals surface area contributed by atoms with Gasteiger partial charge in [0.25, 0.3) is 5.69 Å². The molecule has 1 aromatic carbocycles. The molecule has 0 bridgehead atoms. The van der Waals surface area contributed by atoms with Crippen LogP contribution in [0.3, 0.4) is 0 Å². The monoisotopic (exact) mass is 367 g/mol. The fraction of sp³-hybridized carbons (Fsp3) is 0.647. The third kappa shape index (κ3) is 5.89. The molecule has 1 unspecified atom stereocenters. The summed E-state index contributed by atoms with van der Waals surface area (Å²) in [4.78, 5) is 15.6. The highest BCUT2D eigenvalue weighted by atomic mass is 16.6. The molecule has 9 nitrogen and oxygen atoms in total. The molecule has 2 rings (SSSR count). The van der Waals surface area contributed by atoms with Gasteiger partial charge in [-0.05, 0) is 25.1 Å². The first-order chi connectivity index (χ1) is 12.5. The zero-order chi connectivity index (χ0) is 18.9. The standard InChI is InChI=1S/C17H29N5O4/c1-20-8-9-21(13-20)7-2-5-18-15-4-3-14(11-17(15)22(25)26)16(12-24)19-6-10-23/h3-4,11,16,18-19,23-24H,2,5-10,12-13H2,1H3. The molecule has 1 atom stereocenters.